The molecule has 3 N–H and O–H groups in total. The van der Waals surface area contributed by atoms with Crippen LogP contribution in [-0.4, -0.2) is 11.7 Å². The summed E-state index contributed by atoms with van der Waals surface area (Å²) in [6.07, 6.45) is 0.489. The van der Waals surface area contributed by atoms with Gasteiger partial charge in [-0.25, -0.2) is 0 Å². The standard InChI is InChI=1S/C17H20N2OS/c1-12-5-3-4-6-16(12)21-10-9-17(20)19-15-8-7-14(18)11-13(15)2/h3-8,11H,9-10,18H2,1-2H3,(H,19,20). The second-order valence-corrected chi connectivity index (χ2v) is 6.12. The Bertz CT molecular complexity index is 640. The molecular weight excluding hydrogens is 280 g/mol. The van der Waals surface area contributed by atoms with Gasteiger partial charge in [0, 0.05) is 28.4 Å². The van der Waals surface area contributed by atoms with E-state index >= 15 is 0 Å². The van der Waals surface area contributed by atoms with Crippen molar-refractivity contribution in [3.63, 3.8) is 0 Å². The second-order valence-electron chi connectivity index (χ2n) is 4.99. The zero-order valence-electron chi connectivity index (χ0n) is 12.3. The smallest absolute Gasteiger partial charge is 0.225 e. The molecule has 110 valence electrons. The summed E-state index contributed by atoms with van der Waals surface area (Å²) in [4.78, 5) is 13.2. The predicted molar refractivity (Wildman–Crippen MR) is 90.7 cm³/mol. The summed E-state index contributed by atoms with van der Waals surface area (Å²) >= 11 is 1.71. The first-order valence-corrected chi connectivity index (χ1v) is 7.89. The van der Waals surface area contributed by atoms with Gasteiger partial charge < -0.3 is 11.1 Å². The molecule has 0 aromatic heterocycles. The van der Waals surface area contributed by atoms with Crippen molar-refractivity contribution in [3.8, 4) is 0 Å². The molecule has 2 aromatic rings. The molecule has 0 radical (unpaired) electrons. The minimum absolute atomic E-state index is 0.0314. The van der Waals surface area contributed by atoms with Crippen LogP contribution in [0.25, 0.3) is 0 Å². The minimum Gasteiger partial charge on any atom is -0.399 e. The van der Waals surface area contributed by atoms with Crippen LogP contribution in [-0.2, 0) is 4.79 Å². The van der Waals surface area contributed by atoms with Crippen LogP contribution in [0.1, 0.15) is 17.5 Å². The van der Waals surface area contributed by atoms with Crippen molar-refractivity contribution in [1.29, 1.82) is 0 Å². The third-order valence-electron chi connectivity index (χ3n) is 3.20. The van der Waals surface area contributed by atoms with Gasteiger partial charge >= 0.3 is 0 Å². The van der Waals surface area contributed by atoms with Crippen LogP contribution in [0.15, 0.2) is 47.4 Å². The Morgan fingerprint density at radius 2 is 1.90 bits per heavy atom. The van der Waals surface area contributed by atoms with E-state index in [1.807, 2.05) is 31.2 Å². The number of carbonyl (C=O) groups is 1. The fraction of sp³-hybridized carbons (Fsp3) is 0.235. The van der Waals surface area contributed by atoms with Gasteiger partial charge in [0.1, 0.15) is 0 Å². The molecule has 0 spiro atoms. The topological polar surface area (TPSA) is 55.1 Å². The lowest BCUT2D eigenvalue weighted by atomic mass is 10.2. The number of thioether (sulfide) groups is 1. The van der Waals surface area contributed by atoms with Crippen molar-refractivity contribution in [3.05, 3.63) is 53.6 Å². The van der Waals surface area contributed by atoms with Crippen molar-refractivity contribution in [1.82, 2.24) is 0 Å². The Hall–Kier alpha value is -1.94. The molecule has 4 heteroatoms. The van der Waals surface area contributed by atoms with E-state index in [-0.39, 0.29) is 5.91 Å². The fourth-order valence-electron chi connectivity index (χ4n) is 2.01. The Kier molecular flexibility index (Phi) is 5.28. The lowest BCUT2D eigenvalue weighted by molar-refractivity contribution is -0.115. The highest BCUT2D eigenvalue weighted by Crippen LogP contribution is 2.23. The van der Waals surface area contributed by atoms with Crippen LogP contribution in [0.5, 0.6) is 0 Å². The SMILES string of the molecule is Cc1cc(N)ccc1NC(=O)CCSc1ccccc1C. The molecule has 0 atom stereocenters. The fourth-order valence-corrected chi connectivity index (χ4v) is 2.99. The molecule has 0 saturated heterocycles. The Morgan fingerprint density at radius 3 is 2.62 bits per heavy atom. The van der Waals surface area contributed by atoms with Crippen molar-refractivity contribution in [2.24, 2.45) is 0 Å². The number of carbonyl (C=O) groups excluding carboxylic acids is 1. The van der Waals surface area contributed by atoms with Crippen molar-refractivity contribution >= 4 is 29.0 Å². The summed E-state index contributed by atoms with van der Waals surface area (Å²) in [6, 6.07) is 13.7. The van der Waals surface area contributed by atoms with E-state index in [4.69, 9.17) is 5.73 Å². The van der Waals surface area contributed by atoms with Gasteiger partial charge in [-0.15, -0.1) is 11.8 Å². The molecule has 0 saturated carbocycles. The molecule has 0 fully saturated rings. The van der Waals surface area contributed by atoms with Crippen molar-refractivity contribution in [2.75, 3.05) is 16.8 Å². The first kappa shape index (κ1) is 15.4. The van der Waals surface area contributed by atoms with Crippen LogP contribution in [0.3, 0.4) is 0 Å². The summed E-state index contributed by atoms with van der Waals surface area (Å²) in [7, 11) is 0. The van der Waals surface area contributed by atoms with Crippen molar-refractivity contribution in [2.45, 2.75) is 25.2 Å². The maximum Gasteiger partial charge on any atom is 0.225 e. The number of anilines is 2. The molecule has 0 unspecified atom stereocenters. The van der Waals surface area contributed by atoms with Crippen LogP contribution >= 0.6 is 11.8 Å². The van der Waals surface area contributed by atoms with E-state index in [0.29, 0.717) is 12.1 Å². The van der Waals surface area contributed by atoms with Gasteiger partial charge in [-0.3, -0.25) is 4.79 Å². The van der Waals surface area contributed by atoms with E-state index in [9.17, 15) is 4.79 Å². The Morgan fingerprint density at radius 1 is 1.14 bits per heavy atom. The number of hydrogen-bond donors (Lipinski definition) is 2. The maximum atomic E-state index is 12.0. The molecule has 21 heavy (non-hydrogen) atoms. The monoisotopic (exact) mass is 300 g/mol. The lowest BCUT2D eigenvalue weighted by Gasteiger charge is -2.09. The van der Waals surface area contributed by atoms with E-state index in [1.54, 1.807) is 17.8 Å². The van der Waals surface area contributed by atoms with Crippen LogP contribution < -0.4 is 11.1 Å². The number of aryl methyl sites for hydroxylation is 2. The average molecular weight is 300 g/mol. The van der Waals surface area contributed by atoms with Crippen LogP contribution in [0.4, 0.5) is 11.4 Å². The van der Waals surface area contributed by atoms with Crippen LogP contribution in [0.2, 0.25) is 0 Å². The third kappa shape index (κ3) is 4.53. The molecule has 1 amide bonds. The zero-order valence-corrected chi connectivity index (χ0v) is 13.2. The predicted octanol–water partition coefficient (Wildman–Crippen LogP) is 4.01. The van der Waals surface area contributed by atoms with E-state index < -0.39 is 0 Å². The molecule has 3 nitrogen and oxygen atoms in total. The molecule has 0 aliphatic heterocycles. The van der Waals surface area contributed by atoms with Gasteiger partial charge in [0.2, 0.25) is 5.91 Å². The maximum absolute atomic E-state index is 12.0. The normalized spacial score (nSPS) is 10.4. The number of amides is 1. The molecule has 2 aromatic carbocycles. The molecule has 0 aliphatic carbocycles. The summed E-state index contributed by atoms with van der Waals surface area (Å²) in [6.45, 7) is 4.02. The van der Waals surface area contributed by atoms with Gasteiger partial charge in [-0.05, 0) is 49.2 Å². The molecular formula is C17H20N2OS. The molecule has 2 rings (SSSR count). The lowest BCUT2D eigenvalue weighted by Crippen LogP contribution is -2.13. The number of benzene rings is 2. The number of rotatable bonds is 5. The summed E-state index contributed by atoms with van der Waals surface area (Å²) < 4.78 is 0. The van der Waals surface area contributed by atoms with Gasteiger partial charge in [0.05, 0.1) is 0 Å². The first-order chi connectivity index (χ1) is 10.1. The molecule has 0 heterocycles. The number of nitrogens with one attached hydrogen (secondary N) is 1. The summed E-state index contributed by atoms with van der Waals surface area (Å²) in [5.41, 5.74) is 9.47. The quantitative estimate of drug-likeness (QED) is 0.648. The number of nitrogens with two attached hydrogens (primary N) is 1. The van der Waals surface area contributed by atoms with Gasteiger partial charge in [-0.1, -0.05) is 18.2 Å². The first-order valence-electron chi connectivity index (χ1n) is 6.90. The Labute approximate surface area is 129 Å². The minimum atomic E-state index is 0.0314. The van der Waals surface area contributed by atoms with E-state index in [0.717, 1.165) is 17.0 Å². The summed E-state index contributed by atoms with van der Waals surface area (Å²) in [5, 5.41) is 2.93. The number of nitrogen functional groups attached to an aromatic ring is 1. The van der Waals surface area contributed by atoms with Crippen molar-refractivity contribution < 1.29 is 4.79 Å². The van der Waals surface area contributed by atoms with E-state index in [1.165, 1.54) is 10.5 Å². The summed E-state index contributed by atoms with van der Waals surface area (Å²) in [5.74, 6) is 0.800. The Balaban J connectivity index is 1.84. The highest BCUT2D eigenvalue weighted by molar-refractivity contribution is 7.99. The zero-order chi connectivity index (χ0) is 15.2. The van der Waals surface area contributed by atoms with Gasteiger partial charge in [0.25, 0.3) is 0 Å². The van der Waals surface area contributed by atoms with Gasteiger partial charge in [-0.2, -0.15) is 0 Å². The number of hydrogen-bond acceptors (Lipinski definition) is 3. The second kappa shape index (κ2) is 7.18. The highest BCUT2D eigenvalue weighted by Gasteiger charge is 2.06. The van der Waals surface area contributed by atoms with Gasteiger partial charge in [0.15, 0.2) is 0 Å². The highest BCUT2D eigenvalue weighted by atomic mass is 32.2. The molecule has 0 aliphatic rings. The molecule has 0 bridgehead atoms. The average Bonchev–Trinajstić information content (AvgIpc) is 2.44. The van der Waals surface area contributed by atoms with E-state index in [2.05, 4.69) is 24.4 Å². The third-order valence-corrected chi connectivity index (χ3v) is 4.38. The van der Waals surface area contributed by atoms with Crippen LogP contribution in [0, 0.1) is 13.8 Å². The largest absolute Gasteiger partial charge is 0.399 e.